The van der Waals surface area contributed by atoms with Crippen molar-refractivity contribution in [1.82, 2.24) is 5.16 Å². The molecule has 0 aliphatic heterocycles. The first-order chi connectivity index (χ1) is 8.13. The van der Waals surface area contributed by atoms with E-state index in [0.29, 0.717) is 30.8 Å². The lowest BCUT2D eigenvalue weighted by atomic mass is 10.4. The Labute approximate surface area is 101 Å². The first-order valence-electron chi connectivity index (χ1n) is 5.45. The van der Waals surface area contributed by atoms with E-state index in [1.807, 2.05) is 0 Å². The lowest BCUT2D eigenvalue weighted by molar-refractivity contribution is 0.173. The number of methoxy groups -OCH3 is 1. The Morgan fingerprint density at radius 3 is 2.71 bits per heavy atom. The minimum atomic E-state index is -2.99. The van der Waals surface area contributed by atoms with Gasteiger partial charge >= 0.3 is 7.60 Å². The third-order valence-electron chi connectivity index (χ3n) is 2.02. The van der Waals surface area contributed by atoms with Crippen LogP contribution in [0.4, 0.5) is 0 Å². The maximum Gasteiger partial charge on any atom is 0.330 e. The Morgan fingerprint density at radius 1 is 1.35 bits per heavy atom. The van der Waals surface area contributed by atoms with Crippen molar-refractivity contribution in [3.05, 3.63) is 17.5 Å². The highest BCUT2D eigenvalue weighted by Gasteiger charge is 2.22. The van der Waals surface area contributed by atoms with E-state index in [4.69, 9.17) is 18.3 Å². The molecule has 0 radical (unpaired) electrons. The van der Waals surface area contributed by atoms with E-state index in [1.54, 1.807) is 27.0 Å². The molecule has 0 N–H and O–H groups in total. The van der Waals surface area contributed by atoms with E-state index >= 15 is 0 Å². The highest BCUT2D eigenvalue weighted by atomic mass is 31.2. The molecule has 0 aliphatic rings. The highest BCUT2D eigenvalue weighted by Crippen LogP contribution is 2.48. The van der Waals surface area contributed by atoms with Gasteiger partial charge in [0.05, 0.1) is 13.2 Å². The summed E-state index contributed by atoms with van der Waals surface area (Å²) in [5.74, 6) is 0.505. The van der Waals surface area contributed by atoms with Crippen LogP contribution in [0.5, 0.6) is 0 Å². The smallest absolute Gasteiger partial charge is 0.330 e. The van der Waals surface area contributed by atoms with Crippen LogP contribution in [0.15, 0.2) is 10.6 Å². The van der Waals surface area contributed by atoms with Gasteiger partial charge in [-0.25, -0.2) is 0 Å². The summed E-state index contributed by atoms with van der Waals surface area (Å²) in [7, 11) is -1.42. The lowest BCUT2D eigenvalue weighted by Gasteiger charge is -2.14. The van der Waals surface area contributed by atoms with Crippen molar-refractivity contribution in [2.75, 3.05) is 19.9 Å². The Kier molecular flexibility index (Phi) is 5.85. The molecule has 1 heterocycles. The fraction of sp³-hybridized carbons (Fsp3) is 0.700. The third-order valence-corrected chi connectivity index (χ3v) is 3.97. The maximum absolute atomic E-state index is 12.0. The summed E-state index contributed by atoms with van der Waals surface area (Å²) in [6.45, 7) is 4.35. The zero-order chi connectivity index (χ0) is 12.7. The molecule has 1 rings (SSSR count). The van der Waals surface area contributed by atoms with Gasteiger partial charge in [0.25, 0.3) is 0 Å². The lowest BCUT2D eigenvalue weighted by Crippen LogP contribution is -1.98. The topological polar surface area (TPSA) is 70.8 Å². The van der Waals surface area contributed by atoms with E-state index in [-0.39, 0.29) is 6.61 Å². The van der Waals surface area contributed by atoms with Gasteiger partial charge in [-0.05, 0) is 6.92 Å². The Bertz CT molecular complexity index is 379. The highest BCUT2D eigenvalue weighted by molar-refractivity contribution is 7.53. The van der Waals surface area contributed by atoms with Crippen LogP contribution < -0.4 is 0 Å². The molecule has 1 aromatic heterocycles. The fourth-order valence-electron chi connectivity index (χ4n) is 1.22. The first-order valence-corrected chi connectivity index (χ1v) is 7.18. The molecule has 7 heteroatoms. The van der Waals surface area contributed by atoms with Gasteiger partial charge in [0, 0.05) is 19.3 Å². The third kappa shape index (κ3) is 4.60. The van der Waals surface area contributed by atoms with Crippen molar-refractivity contribution in [2.45, 2.75) is 27.1 Å². The molecular formula is C10H18NO5P. The number of rotatable bonds is 8. The van der Waals surface area contributed by atoms with Crippen LogP contribution in [-0.2, 0) is 31.6 Å². The fourth-order valence-corrected chi connectivity index (χ4v) is 2.38. The van der Waals surface area contributed by atoms with Gasteiger partial charge in [-0.3, -0.25) is 4.57 Å². The normalized spacial score (nSPS) is 14.8. The second kappa shape index (κ2) is 6.91. The number of ether oxygens (including phenoxy) is 1. The molecule has 0 bridgehead atoms. The van der Waals surface area contributed by atoms with Gasteiger partial charge in [-0.2, -0.15) is 0 Å². The van der Waals surface area contributed by atoms with Crippen LogP contribution in [-0.4, -0.2) is 25.0 Å². The molecule has 1 unspecified atom stereocenters. The van der Waals surface area contributed by atoms with Crippen LogP contribution in [0.3, 0.4) is 0 Å². The standard InChI is InChI=1S/C10H18NO5P/c1-4-14-17(12,5-2)15-8-10-6-9(7-13-3)11-16-10/h6H,4-5,7-8H2,1-3H3. The first kappa shape index (κ1) is 14.4. The second-order valence-corrected chi connectivity index (χ2v) is 5.71. The molecule has 0 aromatic carbocycles. The van der Waals surface area contributed by atoms with E-state index in [0.717, 1.165) is 0 Å². The van der Waals surface area contributed by atoms with E-state index in [1.165, 1.54) is 0 Å². The quantitative estimate of drug-likeness (QED) is 0.671. The molecule has 1 aromatic rings. The predicted molar refractivity (Wildman–Crippen MR) is 61.8 cm³/mol. The summed E-state index contributed by atoms with van der Waals surface area (Å²) in [6, 6.07) is 1.70. The summed E-state index contributed by atoms with van der Waals surface area (Å²) in [4.78, 5) is 0. The van der Waals surface area contributed by atoms with Gasteiger partial charge in [-0.15, -0.1) is 0 Å². The van der Waals surface area contributed by atoms with Gasteiger partial charge < -0.3 is 18.3 Å². The van der Waals surface area contributed by atoms with E-state index in [9.17, 15) is 4.57 Å². The van der Waals surface area contributed by atoms with Gasteiger partial charge in [0.1, 0.15) is 12.3 Å². The van der Waals surface area contributed by atoms with Crippen LogP contribution in [0, 0.1) is 0 Å². The van der Waals surface area contributed by atoms with Crippen LogP contribution >= 0.6 is 7.60 Å². The van der Waals surface area contributed by atoms with Crippen LogP contribution in [0.1, 0.15) is 25.3 Å². The minimum absolute atomic E-state index is 0.0852. The summed E-state index contributed by atoms with van der Waals surface area (Å²) in [5, 5.41) is 3.77. The van der Waals surface area contributed by atoms with E-state index < -0.39 is 7.60 Å². The van der Waals surface area contributed by atoms with Crippen LogP contribution in [0.25, 0.3) is 0 Å². The van der Waals surface area contributed by atoms with Crippen molar-refractivity contribution in [1.29, 1.82) is 0 Å². The molecule has 0 fully saturated rings. The SMILES string of the molecule is CCOP(=O)(CC)OCc1cc(COC)no1. The van der Waals surface area contributed by atoms with Gasteiger partial charge in [0.15, 0.2) is 5.76 Å². The molecule has 0 amide bonds. The van der Waals surface area contributed by atoms with Gasteiger partial charge in [0.2, 0.25) is 0 Å². The van der Waals surface area contributed by atoms with Crippen molar-refractivity contribution >= 4 is 7.60 Å². The van der Waals surface area contributed by atoms with Crippen molar-refractivity contribution in [3.63, 3.8) is 0 Å². The molecule has 0 saturated carbocycles. The zero-order valence-electron chi connectivity index (χ0n) is 10.3. The summed E-state index contributed by atoms with van der Waals surface area (Å²) in [6.07, 6.45) is 0.333. The largest absolute Gasteiger partial charge is 0.378 e. The predicted octanol–water partition coefficient (Wildman–Crippen LogP) is 2.59. The molecule has 6 nitrogen and oxygen atoms in total. The summed E-state index contributed by atoms with van der Waals surface area (Å²) < 4.78 is 32.2. The van der Waals surface area contributed by atoms with E-state index in [2.05, 4.69) is 5.16 Å². The molecule has 1 atom stereocenters. The number of hydrogen-bond acceptors (Lipinski definition) is 6. The zero-order valence-corrected chi connectivity index (χ0v) is 11.2. The molecule has 0 saturated heterocycles. The molecule has 0 spiro atoms. The van der Waals surface area contributed by atoms with Gasteiger partial charge in [-0.1, -0.05) is 12.1 Å². The number of aromatic nitrogens is 1. The second-order valence-electron chi connectivity index (χ2n) is 3.34. The minimum Gasteiger partial charge on any atom is -0.378 e. The summed E-state index contributed by atoms with van der Waals surface area (Å²) in [5.41, 5.74) is 0.675. The van der Waals surface area contributed by atoms with Crippen molar-refractivity contribution < 1.29 is 22.9 Å². The number of nitrogens with zero attached hydrogens (tertiary/aromatic N) is 1. The average molecular weight is 263 g/mol. The average Bonchev–Trinajstić information content (AvgIpc) is 2.75. The Morgan fingerprint density at radius 2 is 2.12 bits per heavy atom. The van der Waals surface area contributed by atoms with Crippen molar-refractivity contribution in [2.24, 2.45) is 0 Å². The maximum atomic E-state index is 12.0. The molecule has 17 heavy (non-hydrogen) atoms. The number of hydrogen-bond donors (Lipinski definition) is 0. The van der Waals surface area contributed by atoms with Crippen LogP contribution in [0.2, 0.25) is 0 Å². The molecular weight excluding hydrogens is 245 g/mol. The summed E-state index contributed by atoms with van der Waals surface area (Å²) >= 11 is 0. The Balaban J connectivity index is 2.50. The monoisotopic (exact) mass is 263 g/mol. The molecule has 98 valence electrons. The van der Waals surface area contributed by atoms with Crippen molar-refractivity contribution in [3.8, 4) is 0 Å². The molecule has 0 aliphatic carbocycles. The Hall–Kier alpha value is -0.680.